The number of aliphatic hydroxyl groups excluding tert-OH is 1. The van der Waals surface area contributed by atoms with Crippen LogP contribution in [-0.4, -0.2) is 39.0 Å². The standard InChI is InChI=1S/C21H26BrN3O3S/c1-14(26)12-25-20(28)17-11-16(22)7-8-18(17)24-21(25)29-13-19(27)23-10-9-15-5-3-2-4-6-15/h5,7-8,11,14,26H,2-4,6,9-10,12-13H2,1H3,(H,23,27)/t14-/m1/s1. The zero-order valence-electron chi connectivity index (χ0n) is 16.5. The molecule has 6 nitrogen and oxygen atoms in total. The first-order valence-corrected chi connectivity index (χ1v) is 11.7. The van der Waals surface area contributed by atoms with Crippen LogP contribution < -0.4 is 10.9 Å². The number of hydrogen-bond donors (Lipinski definition) is 2. The van der Waals surface area contributed by atoms with Gasteiger partial charge in [0.05, 0.1) is 29.3 Å². The highest BCUT2D eigenvalue weighted by Crippen LogP contribution is 2.21. The van der Waals surface area contributed by atoms with Crippen LogP contribution in [0.1, 0.15) is 39.0 Å². The lowest BCUT2D eigenvalue weighted by molar-refractivity contribution is -0.118. The molecule has 8 heteroatoms. The quantitative estimate of drug-likeness (QED) is 0.343. The molecule has 1 aliphatic rings. The number of amides is 1. The third-order valence-corrected chi connectivity index (χ3v) is 6.28. The predicted molar refractivity (Wildman–Crippen MR) is 120 cm³/mol. The van der Waals surface area contributed by atoms with Gasteiger partial charge in [0.2, 0.25) is 5.91 Å². The molecule has 3 rings (SSSR count). The molecule has 0 saturated carbocycles. The van der Waals surface area contributed by atoms with Gasteiger partial charge in [-0.15, -0.1) is 0 Å². The first-order valence-electron chi connectivity index (χ1n) is 9.89. The molecule has 156 valence electrons. The van der Waals surface area contributed by atoms with Crippen LogP contribution in [0, 0.1) is 0 Å². The van der Waals surface area contributed by atoms with E-state index in [9.17, 15) is 14.7 Å². The van der Waals surface area contributed by atoms with E-state index in [1.54, 1.807) is 19.1 Å². The van der Waals surface area contributed by atoms with E-state index < -0.39 is 6.10 Å². The minimum atomic E-state index is -0.698. The van der Waals surface area contributed by atoms with E-state index >= 15 is 0 Å². The first-order chi connectivity index (χ1) is 13.9. The number of carbonyl (C=O) groups is 1. The number of hydrogen-bond acceptors (Lipinski definition) is 5. The van der Waals surface area contributed by atoms with Crippen LogP contribution in [0.3, 0.4) is 0 Å². The van der Waals surface area contributed by atoms with Crippen molar-refractivity contribution < 1.29 is 9.90 Å². The van der Waals surface area contributed by atoms with E-state index in [2.05, 4.69) is 32.3 Å². The van der Waals surface area contributed by atoms with E-state index in [0.717, 1.165) is 23.7 Å². The molecule has 1 amide bonds. The molecule has 0 aliphatic heterocycles. The minimum Gasteiger partial charge on any atom is -0.392 e. The molecule has 0 bridgehead atoms. The van der Waals surface area contributed by atoms with E-state index in [1.165, 1.54) is 34.7 Å². The SMILES string of the molecule is C[C@@H](O)Cn1c(SCC(=O)NCCC2=CCCCC2)nc2ccc(Br)cc2c1=O. The molecule has 2 aromatic rings. The number of rotatable bonds is 8. The van der Waals surface area contributed by atoms with Gasteiger partial charge in [-0.25, -0.2) is 4.98 Å². The van der Waals surface area contributed by atoms with Crippen molar-refractivity contribution in [2.24, 2.45) is 0 Å². The number of fused-ring (bicyclic) bond motifs is 1. The number of aromatic nitrogens is 2. The Hall–Kier alpha value is -1.64. The third-order valence-electron chi connectivity index (χ3n) is 4.81. The smallest absolute Gasteiger partial charge is 0.262 e. The zero-order chi connectivity index (χ0) is 20.8. The number of nitrogens with one attached hydrogen (secondary N) is 1. The van der Waals surface area contributed by atoms with Crippen LogP contribution in [0.15, 0.2) is 44.3 Å². The van der Waals surface area contributed by atoms with Gasteiger partial charge in [0.15, 0.2) is 5.16 Å². The average molecular weight is 480 g/mol. The van der Waals surface area contributed by atoms with Gasteiger partial charge in [-0.05, 0) is 57.2 Å². The second-order valence-electron chi connectivity index (χ2n) is 7.32. The lowest BCUT2D eigenvalue weighted by Crippen LogP contribution is -2.29. The topological polar surface area (TPSA) is 84.2 Å². The summed E-state index contributed by atoms with van der Waals surface area (Å²) in [6.07, 6.45) is 7.26. The van der Waals surface area contributed by atoms with Crippen LogP contribution in [0.25, 0.3) is 10.9 Å². The molecule has 29 heavy (non-hydrogen) atoms. The molecular weight excluding hydrogens is 454 g/mol. The van der Waals surface area contributed by atoms with Crippen molar-refractivity contribution in [3.63, 3.8) is 0 Å². The van der Waals surface area contributed by atoms with Gasteiger partial charge < -0.3 is 10.4 Å². The number of allylic oxidation sites excluding steroid dienone is 1. The van der Waals surface area contributed by atoms with Crippen LogP contribution in [0.5, 0.6) is 0 Å². The molecule has 0 spiro atoms. The Kier molecular flexibility index (Phi) is 7.91. The van der Waals surface area contributed by atoms with Gasteiger partial charge in [-0.2, -0.15) is 0 Å². The van der Waals surface area contributed by atoms with Crippen LogP contribution >= 0.6 is 27.7 Å². The normalized spacial score (nSPS) is 15.2. The maximum Gasteiger partial charge on any atom is 0.262 e. The van der Waals surface area contributed by atoms with Gasteiger partial charge in [-0.3, -0.25) is 14.2 Å². The Balaban J connectivity index is 1.68. The molecule has 1 aromatic carbocycles. The van der Waals surface area contributed by atoms with E-state index in [1.807, 2.05) is 6.07 Å². The van der Waals surface area contributed by atoms with E-state index in [4.69, 9.17) is 0 Å². The molecule has 1 aromatic heterocycles. The molecular formula is C21H26BrN3O3S. The van der Waals surface area contributed by atoms with Gasteiger partial charge in [-0.1, -0.05) is 39.3 Å². The maximum absolute atomic E-state index is 12.9. The highest BCUT2D eigenvalue weighted by Gasteiger charge is 2.15. The summed E-state index contributed by atoms with van der Waals surface area (Å²) in [5.41, 5.74) is 1.79. The number of benzene rings is 1. The number of nitrogens with zero attached hydrogens (tertiary/aromatic N) is 2. The predicted octanol–water partition coefficient (Wildman–Crippen LogP) is 3.64. The van der Waals surface area contributed by atoms with Crippen molar-refractivity contribution in [2.45, 2.75) is 56.8 Å². The fourth-order valence-corrected chi connectivity index (χ4v) is 4.58. The lowest BCUT2D eigenvalue weighted by Gasteiger charge is -2.15. The number of thioether (sulfide) groups is 1. The molecule has 1 atom stereocenters. The Labute approximate surface area is 182 Å². The number of halogens is 1. The molecule has 0 unspecified atom stereocenters. The third kappa shape index (κ3) is 6.17. The minimum absolute atomic E-state index is 0.0832. The maximum atomic E-state index is 12.9. The van der Waals surface area contributed by atoms with Gasteiger partial charge in [0.25, 0.3) is 5.56 Å². The van der Waals surface area contributed by atoms with Gasteiger partial charge >= 0.3 is 0 Å². The van der Waals surface area contributed by atoms with E-state index in [0.29, 0.717) is 22.6 Å². The largest absolute Gasteiger partial charge is 0.392 e. The summed E-state index contributed by atoms with van der Waals surface area (Å²) in [5, 5.41) is 13.7. The highest BCUT2D eigenvalue weighted by molar-refractivity contribution is 9.10. The molecule has 0 fully saturated rings. The Bertz CT molecular complexity index is 972. The summed E-state index contributed by atoms with van der Waals surface area (Å²) in [7, 11) is 0. The highest BCUT2D eigenvalue weighted by atomic mass is 79.9. The van der Waals surface area contributed by atoms with E-state index in [-0.39, 0.29) is 23.8 Å². The lowest BCUT2D eigenvalue weighted by atomic mass is 9.97. The molecule has 0 radical (unpaired) electrons. The fourth-order valence-electron chi connectivity index (χ4n) is 3.38. The number of aliphatic hydroxyl groups is 1. The second kappa shape index (κ2) is 10.4. The van der Waals surface area contributed by atoms with Crippen molar-refractivity contribution in [1.82, 2.24) is 14.9 Å². The zero-order valence-corrected chi connectivity index (χ0v) is 18.9. The monoisotopic (exact) mass is 479 g/mol. The summed E-state index contributed by atoms with van der Waals surface area (Å²) < 4.78 is 2.24. The van der Waals surface area contributed by atoms with Crippen LogP contribution in [0.4, 0.5) is 0 Å². The van der Waals surface area contributed by atoms with Crippen molar-refractivity contribution in [1.29, 1.82) is 0 Å². The van der Waals surface area contributed by atoms with Crippen molar-refractivity contribution in [3.8, 4) is 0 Å². The van der Waals surface area contributed by atoms with Gasteiger partial charge in [0.1, 0.15) is 0 Å². The summed E-state index contributed by atoms with van der Waals surface area (Å²) in [5.74, 6) is 0.0908. The Morgan fingerprint density at radius 3 is 2.97 bits per heavy atom. The second-order valence-corrected chi connectivity index (χ2v) is 9.18. The Morgan fingerprint density at radius 2 is 2.24 bits per heavy atom. The summed E-state index contributed by atoms with van der Waals surface area (Å²) in [6, 6.07) is 5.33. The van der Waals surface area contributed by atoms with Crippen molar-refractivity contribution >= 4 is 44.5 Å². The van der Waals surface area contributed by atoms with Crippen molar-refractivity contribution in [2.75, 3.05) is 12.3 Å². The van der Waals surface area contributed by atoms with Crippen molar-refractivity contribution in [3.05, 3.63) is 44.7 Å². The average Bonchev–Trinajstić information content (AvgIpc) is 2.70. The Morgan fingerprint density at radius 1 is 1.41 bits per heavy atom. The summed E-state index contributed by atoms with van der Waals surface area (Å²) in [6.45, 7) is 2.38. The number of carbonyl (C=O) groups excluding carboxylic acids is 1. The molecule has 2 N–H and O–H groups in total. The fraction of sp³-hybridized carbons (Fsp3) is 0.476. The molecule has 1 aliphatic carbocycles. The van der Waals surface area contributed by atoms with Crippen LogP contribution in [0.2, 0.25) is 0 Å². The molecule has 1 heterocycles. The first kappa shape index (κ1) is 22.1. The summed E-state index contributed by atoms with van der Waals surface area (Å²) >= 11 is 4.59. The van der Waals surface area contributed by atoms with Crippen LogP contribution in [-0.2, 0) is 11.3 Å². The molecule has 0 saturated heterocycles. The summed E-state index contributed by atoms with van der Waals surface area (Å²) in [4.78, 5) is 29.7. The van der Waals surface area contributed by atoms with Gasteiger partial charge in [0, 0.05) is 11.0 Å².